The summed E-state index contributed by atoms with van der Waals surface area (Å²) in [6, 6.07) is 8.35. The maximum atomic E-state index is 14.3. The molecule has 0 radical (unpaired) electrons. The second-order valence-corrected chi connectivity index (χ2v) is 6.60. The van der Waals surface area contributed by atoms with Gasteiger partial charge in [-0.25, -0.2) is 4.39 Å². The number of nitrogens with zero attached hydrogens (tertiary/aromatic N) is 1. The second kappa shape index (κ2) is 8.25. The van der Waals surface area contributed by atoms with Gasteiger partial charge < -0.3 is 10.2 Å². The highest BCUT2D eigenvalue weighted by Crippen LogP contribution is 2.28. The summed E-state index contributed by atoms with van der Waals surface area (Å²) in [4.78, 5) is 23.1. The standard InChI is InChI=1S/C18H19ClFN3O3/c1-11(24)12-7-8-15(16(9-12)23(25)26)21-10-17(22(2)3)18-13(19)5-4-6-14(18)20/h4-9,17,21H,10H2,1-3H3/p+1/t17-/m1/s1. The van der Waals surface area contributed by atoms with Crippen LogP contribution in [0.4, 0.5) is 15.8 Å². The second-order valence-electron chi connectivity index (χ2n) is 6.19. The lowest BCUT2D eigenvalue weighted by molar-refractivity contribution is -0.890. The zero-order valence-corrected chi connectivity index (χ0v) is 15.4. The Balaban J connectivity index is 2.33. The molecule has 2 aromatic rings. The zero-order chi connectivity index (χ0) is 19.4. The summed E-state index contributed by atoms with van der Waals surface area (Å²) in [5, 5.41) is 14.6. The van der Waals surface area contributed by atoms with Crippen molar-refractivity contribution in [2.75, 3.05) is 26.0 Å². The quantitative estimate of drug-likeness (QED) is 0.440. The lowest BCUT2D eigenvalue weighted by atomic mass is 10.0. The molecular weight excluding hydrogens is 361 g/mol. The molecule has 26 heavy (non-hydrogen) atoms. The number of nitrogens with one attached hydrogen (secondary N) is 2. The van der Waals surface area contributed by atoms with Crippen LogP contribution >= 0.6 is 11.6 Å². The van der Waals surface area contributed by atoms with E-state index >= 15 is 0 Å². The molecule has 2 rings (SSSR count). The molecule has 0 amide bonds. The Morgan fingerprint density at radius 2 is 2.04 bits per heavy atom. The van der Waals surface area contributed by atoms with Crippen molar-refractivity contribution in [2.45, 2.75) is 13.0 Å². The van der Waals surface area contributed by atoms with Gasteiger partial charge in [-0.05, 0) is 31.2 Å². The Morgan fingerprint density at radius 1 is 1.35 bits per heavy atom. The molecule has 0 heterocycles. The van der Waals surface area contributed by atoms with Gasteiger partial charge in [0.05, 0.1) is 36.1 Å². The van der Waals surface area contributed by atoms with Crippen LogP contribution in [0.2, 0.25) is 5.02 Å². The van der Waals surface area contributed by atoms with Crippen LogP contribution in [0.25, 0.3) is 0 Å². The van der Waals surface area contributed by atoms with Gasteiger partial charge in [0, 0.05) is 11.6 Å². The number of rotatable bonds is 7. The number of benzene rings is 2. The summed E-state index contributed by atoms with van der Waals surface area (Å²) >= 11 is 6.16. The van der Waals surface area contributed by atoms with Gasteiger partial charge in [-0.1, -0.05) is 17.7 Å². The minimum absolute atomic E-state index is 0.204. The molecule has 2 N–H and O–H groups in total. The molecule has 138 valence electrons. The van der Waals surface area contributed by atoms with Crippen molar-refractivity contribution in [1.82, 2.24) is 0 Å². The predicted octanol–water partition coefficient (Wildman–Crippen LogP) is 2.89. The molecule has 0 bridgehead atoms. The van der Waals surface area contributed by atoms with Crippen molar-refractivity contribution >= 4 is 28.8 Å². The van der Waals surface area contributed by atoms with E-state index in [0.717, 1.165) is 4.90 Å². The molecule has 0 saturated heterocycles. The molecule has 0 saturated carbocycles. The molecule has 0 aliphatic rings. The van der Waals surface area contributed by atoms with E-state index in [9.17, 15) is 19.3 Å². The molecule has 6 nitrogen and oxygen atoms in total. The molecule has 0 aliphatic carbocycles. The summed E-state index contributed by atoms with van der Waals surface area (Å²) in [6.45, 7) is 1.57. The molecule has 0 aliphatic heterocycles. The number of hydrogen-bond donors (Lipinski definition) is 2. The summed E-state index contributed by atoms with van der Waals surface area (Å²) in [5.41, 5.74) is 0.669. The highest BCUT2D eigenvalue weighted by atomic mass is 35.5. The Hall–Kier alpha value is -2.51. The maximum absolute atomic E-state index is 14.3. The first-order valence-electron chi connectivity index (χ1n) is 7.99. The Bertz CT molecular complexity index is 822. The summed E-state index contributed by atoms with van der Waals surface area (Å²) in [5.74, 6) is -0.680. The monoisotopic (exact) mass is 380 g/mol. The van der Waals surface area contributed by atoms with E-state index in [1.54, 1.807) is 6.07 Å². The van der Waals surface area contributed by atoms with Gasteiger partial charge in [-0.2, -0.15) is 0 Å². The van der Waals surface area contributed by atoms with Crippen molar-refractivity contribution in [2.24, 2.45) is 0 Å². The molecule has 0 unspecified atom stereocenters. The summed E-state index contributed by atoms with van der Waals surface area (Å²) in [7, 11) is 3.70. The van der Waals surface area contributed by atoms with Gasteiger partial charge in [0.25, 0.3) is 5.69 Å². The topological polar surface area (TPSA) is 76.7 Å². The lowest BCUT2D eigenvalue weighted by Gasteiger charge is -2.24. The number of carbonyl (C=O) groups is 1. The number of nitro benzene ring substituents is 1. The molecular formula is C18H20ClFN3O3+. The van der Waals surface area contributed by atoms with Gasteiger partial charge in [0.15, 0.2) is 5.78 Å². The van der Waals surface area contributed by atoms with Crippen LogP contribution in [0, 0.1) is 15.9 Å². The first-order chi connectivity index (χ1) is 12.2. The third-order valence-electron chi connectivity index (χ3n) is 4.14. The number of Topliss-reactive ketones (excluding diaryl/α,β-unsaturated/α-hetero) is 1. The van der Waals surface area contributed by atoms with E-state index in [1.165, 1.54) is 37.3 Å². The summed E-state index contributed by atoms with van der Waals surface area (Å²) in [6.07, 6.45) is 0. The lowest BCUT2D eigenvalue weighted by Crippen LogP contribution is -3.06. The van der Waals surface area contributed by atoms with Crippen molar-refractivity contribution in [3.8, 4) is 0 Å². The normalized spacial score (nSPS) is 12.1. The largest absolute Gasteiger partial charge is 0.373 e. The Morgan fingerprint density at radius 3 is 2.58 bits per heavy atom. The summed E-state index contributed by atoms with van der Waals surface area (Å²) < 4.78 is 14.3. The van der Waals surface area contributed by atoms with Crippen LogP contribution in [0.5, 0.6) is 0 Å². The van der Waals surface area contributed by atoms with Gasteiger partial charge in [0.1, 0.15) is 17.5 Å². The number of nitro groups is 1. The fourth-order valence-corrected chi connectivity index (χ4v) is 3.00. The number of anilines is 1. The first kappa shape index (κ1) is 19.8. The zero-order valence-electron chi connectivity index (χ0n) is 14.7. The van der Waals surface area contributed by atoms with Crippen LogP contribution < -0.4 is 10.2 Å². The van der Waals surface area contributed by atoms with Gasteiger partial charge >= 0.3 is 0 Å². The third-order valence-corrected chi connectivity index (χ3v) is 4.47. The van der Waals surface area contributed by atoms with E-state index in [1.807, 2.05) is 14.1 Å². The number of ketones is 1. The number of halogens is 2. The van der Waals surface area contributed by atoms with Gasteiger partial charge in [0.2, 0.25) is 0 Å². The molecule has 8 heteroatoms. The number of carbonyl (C=O) groups excluding carboxylic acids is 1. The van der Waals surface area contributed by atoms with E-state index in [2.05, 4.69) is 5.32 Å². The van der Waals surface area contributed by atoms with Crippen LogP contribution in [0.3, 0.4) is 0 Å². The van der Waals surface area contributed by atoms with Crippen LogP contribution in [-0.4, -0.2) is 31.3 Å². The van der Waals surface area contributed by atoms with E-state index in [-0.39, 0.29) is 35.3 Å². The van der Waals surface area contributed by atoms with E-state index in [4.69, 9.17) is 11.6 Å². The van der Waals surface area contributed by atoms with E-state index in [0.29, 0.717) is 10.6 Å². The van der Waals surface area contributed by atoms with E-state index < -0.39 is 10.7 Å². The molecule has 2 aromatic carbocycles. The van der Waals surface area contributed by atoms with Gasteiger partial charge in [-0.15, -0.1) is 0 Å². The van der Waals surface area contributed by atoms with Crippen LogP contribution in [0.1, 0.15) is 28.9 Å². The van der Waals surface area contributed by atoms with Crippen molar-refractivity contribution in [3.05, 3.63) is 68.5 Å². The third kappa shape index (κ3) is 4.36. The maximum Gasteiger partial charge on any atom is 0.293 e. The minimum Gasteiger partial charge on any atom is -0.373 e. The molecule has 1 atom stereocenters. The highest BCUT2D eigenvalue weighted by Gasteiger charge is 2.25. The minimum atomic E-state index is -0.553. The SMILES string of the molecule is CC(=O)c1ccc(NC[C@H](c2c(F)cccc2Cl)[NH+](C)C)c([N+](=O)[O-])c1. The van der Waals surface area contributed by atoms with Crippen LogP contribution in [0.15, 0.2) is 36.4 Å². The van der Waals surface area contributed by atoms with Crippen molar-refractivity contribution in [1.29, 1.82) is 0 Å². The Labute approximate surface area is 155 Å². The van der Waals surface area contributed by atoms with Crippen molar-refractivity contribution < 1.29 is 19.0 Å². The Kier molecular flexibility index (Phi) is 6.28. The predicted molar refractivity (Wildman–Crippen MR) is 98.6 cm³/mol. The number of quaternary nitrogens is 1. The highest BCUT2D eigenvalue weighted by molar-refractivity contribution is 6.31. The van der Waals surface area contributed by atoms with Gasteiger partial charge in [-0.3, -0.25) is 14.9 Å². The molecule has 0 aromatic heterocycles. The average molecular weight is 381 g/mol. The molecule has 0 fully saturated rings. The molecule has 0 spiro atoms. The fourth-order valence-electron chi connectivity index (χ4n) is 2.70. The van der Waals surface area contributed by atoms with Crippen molar-refractivity contribution in [3.63, 3.8) is 0 Å². The first-order valence-corrected chi connectivity index (χ1v) is 8.37. The number of hydrogen-bond acceptors (Lipinski definition) is 4. The smallest absolute Gasteiger partial charge is 0.293 e. The van der Waals surface area contributed by atoms with Crippen LogP contribution in [-0.2, 0) is 0 Å². The fraction of sp³-hybridized carbons (Fsp3) is 0.278. The number of likely N-dealkylation sites (N-methyl/N-ethyl adjacent to an activating group) is 1. The average Bonchev–Trinajstić information content (AvgIpc) is 2.56.